The normalized spacial score (nSPS) is 12.5. The molecule has 34 heavy (non-hydrogen) atoms. The van der Waals surface area contributed by atoms with Crippen LogP contribution in [0.25, 0.3) is 0 Å². The Morgan fingerprint density at radius 3 is 2.26 bits per heavy atom. The molecule has 2 rings (SSSR count). The van der Waals surface area contributed by atoms with Gasteiger partial charge in [0.05, 0.1) is 15.9 Å². The second-order valence-electron chi connectivity index (χ2n) is 8.59. The lowest BCUT2D eigenvalue weighted by molar-refractivity contribution is -0.384. The second-order valence-corrected chi connectivity index (χ2v) is 10.4. The van der Waals surface area contributed by atoms with Crippen molar-refractivity contribution < 1.29 is 18.1 Å². The molecule has 0 radical (unpaired) electrons. The number of unbranched alkanes of at least 4 members (excludes halogenated alkanes) is 6. The van der Waals surface area contributed by atoms with Crippen LogP contribution in [0.1, 0.15) is 70.3 Å². The van der Waals surface area contributed by atoms with E-state index in [2.05, 4.69) is 23.8 Å². The number of ether oxygens (including phenoxy) is 1. The molecule has 2 aromatic rings. The van der Waals surface area contributed by atoms with E-state index < -0.39 is 14.9 Å². The Bertz CT molecular complexity index is 933. The zero-order valence-electron chi connectivity index (χ0n) is 20.2. The van der Waals surface area contributed by atoms with E-state index in [1.54, 1.807) is 0 Å². The smallest absolute Gasteiger partial charge is 0.269 e. The highest BCUT2D eigenvalue weighted by Gasteiger charge is 2.16. The van der Waals surface area contributed by atoms with Gasteiger partial charge in [0.1, 0.15) is 0 Å². The highest BCUT2D eigenvalue weighted by atomic mass is 32.2. The molecule has 0 aliphatic heterocycles. The zero-order valence-corrected chi connectivity index (χ0v) is 21.0. The minimum absolute atomic E-state index is 0.0299. The van der Waals surface area contributed by atoms with Gasteiger partial charge in [-0.25, -0.2) is 13.1 Å². The summed E-state index contributed by atoms with van der Waals surface area (Å²) in [5.41, 5.74) is 1.11. The first-order chi connectivity index (χ1) is 16.4. The van der Waals surface area contributed by atoms with Crippen LogP contribution in [0.2, 0.25) is 0 Å². The van der Waals surface area contributed by atoms with Gasteiger partial charge in [0.2, 0.25) is 10.0 Å². The summed E-state index contributed by atoms with van der Waals surface area (Å²) in [6.45, 7) is 3.29. The third-order valence-corrected chi connectivity index (χ3v) is 7.24. The Hall–Kier alpha value is -2.29. The maximum absolute atomic E-state index is 12.4. The summed E-state index contributed by atoms with van der Waals surface area (Å²) in [7, 11) is -3.68. The van der Waals surface area contributed by atoms with Gasteiger partial charge < -0.3 is 4.74 Å². The van der Waals surface area contributed by atoms with Crippen molar-refractivity contribution in [3.8, 4) is 0 Å². The molecular weight excluding hydrogens is 452 g/mol. The summed E-state index contributed by atoms with van der Waals surface area (Å²) < 4.78 is 33.6. The third-order valence-electron chi connectivity index (χ3n) is 5.76. The van der Waals surface area contributed by atoms with Gasteiger partial charge in [0.15, 0.2) is 0 Å². The molecule has 0 aromatic heterocycles. The average Bonchev–Trinajstić information content (AvgIpc) is 2.83. The first-order valence-electron chi connectivity index (χ1n) is 12.3. The van der Waals surface area contributed by atoms with Crippen molar-refractivity contribution in [3.05, 3.63) is 70.3 Å². The van der Waals surface area contributed by atoms with Crippen molar-refractivity contribution >= 4 is 15.7 Å². The molecular formula is C26H38N2O5S. The predicted molar refractivity (Wildman–Crippen MR) is 135 cm³/mol. The number of hydrogen-bond acceptors (Lipinski definition) is 5. The minimum atomic E-state index is -3.68. The Labute approximate surface area is 204 Å². The average molecular weight is 491 g/mol. The van der Waals surface area contributed by atoms with E-state index in [1.165, 1.54) is 61.9 Å². The lowest BCUT2D eigenvalue weighted by Crippen LogP contribution is -2.25. The third kappa shape index (κ3) is 10.8. The molecule has 8 heteroatoms. The molecule has 0 heterocycles. The quantitative estimate of drug-likeness (QED) is 0.156. The number of nitrogens with zero attached hydrogens (tertiary/aromatic N) is 1. The van der Waals surface area contributed by atoms with Gasteiger partial charge in [-0.3, -0.25) is 10.1 Å². The number of benzene rings is 2. The van der Waals surface area contributed by atoms with E-state index in [0.717, 1.165) is 32.3 Å². The summed E-state index contributed by atoms with van der Waals surface area (Å²) in [4.78, 5) is 10.2. The zero-order chi connectivity index (χ0) is 24.7. The summed E-state index contributed by atoms with van der Waals surface area (Å²) >= 11 is 0. The topological polar surface area (TPSA) is 98.5 Å². The van der Waals surface area contributed by atoms with Crippen LogP contribution < -0.4 is 4.72 Å². The number of hydrogen-bond donors (Lipinski definition) is 1. The number of rotatable bonds is 18. The van der Waals surface area contributed by atoms with Crippen LogP contribution >= 0.6 is 0 Å². The second kappa shape index (κ2) is 15.6. The summed E-state index contributed by atoms with van der Waals surface area (Å²) in [6.07, 6.45) is 10.7. The van der Waals surface area contributed by atoms with Crippen LogP contribution in [0.3, 0.4) is 0 Å². The fourth-order valence-corrected chi connectivity index (χ4v) is 4.86. The van der Waals surface area contributed by atoms with Gasteiger partial charge in [-0.1, -0.05) is 69.4 Å². The van der Waals surface area contributed by atoms with E-state index in [0.29, 0.717) is 13.0 Å². The molecule has 2 aromatic carbocycles. The number of nitro groups is 1. The van der Waals surface area contributed by atoms with Crippen molar-refractivity contribution in [1.82, 2.24) is 4.72 Å². The molecule has 1 unspecified atom stereocenters. The van der Waals surface area contributed by atoms with Crippen LogP contribution in [0.5, 0.6) is 0 Å². The van der Waals surface area contributed by atoms with E-state index >= 15 is 0 Å². The van der Waals surface area contributed by atoms with E-state index in [-0.39, 0.29) is 16.7 Å². The van der Waals surface area contributed by atoms with Crippen molar-refractivity contribution in [2.24, 2.45) is 0 Å². The number of nitro benzene ring substituents is 1. The van der Waals surface area contributed by atoms with E-state index in [4.69, 9.17) is 4.74 Å². The van der Waals surface area contributed by atoms with Crippen molar-refractivity contribution in [1.29, 1.82) is 0 Å². The van der Waals surface area contributed by atoms with E-state index in [9.17, 15) is 18.5 Å². The number of nitrogens with one attached hydrogen (secondary N) is 1. The van der Waals surface area contributed by atoms with Crippen LogP contribution in [-0.2, 0) is 21.2 Å². The number of non-ortho nitro benzene ring substituents is 1. The number of sulfonamides is 1. The molecule has 7 nitrogen and oxygen atoms in total. The van der Waals surface area contributed by atoms with Crippen molar-refractivity contribution in [2.75, 3.05) is 13.2 Å². The Kier molecular flexibility index (Phi) is 12.8. The standard InChI is InChI=1S/C26H38N2O5S/c1-2-3-4-5-6-12-21-33-25(22-23-13-8-7-9-14-23)15-10-11-20-27-34(31,32)26-18-16-24(17-19-26)28(29)30/h7-9,13-14,16-19,25,27H,2-6,10-12,15,20-22H2,1H3. The molecule has 0 aliphatic rings. The lowest BCUT2D eigenvalue weighted by atomic mass is 10.0. The summed E-state index contributed by atoms with van der Waals surface area (Å²) in [5, 5.41) is 10.7. The molecule has 0 spiro atoms. The van der Waals surface area contributed by atoms with Gasteiger partial charge in [0, 0.05) is 25.3 Å². The Morgan fingerprint density at radius 1 is 0.912 bits per heavy atom. The first kappa shape index (κ1) is 28.0. The molecule has 0 fully saturated rings. The monoisotopic (exact) mass is 490 g/mol. The fraction of sp³-hybridized carbons (Fsp3) is 0.538. The highest BCUT2D eigenvalue weighted by molar-refractivity contribution is 7.89. The minimum Gasteiger partial charge on any atom is -0.378 e. The molecule has 0 saturated carbocycles. The predicted octanol–water partition coefficient (Wildman–Crippen LogP) is 6.03. The van der Waals surface area contributed by atoms with Gasteiger partial charge in [-0.05, 0) is 49.8 Å². The fourth-order valence-electron chi connectivity index (χ4n) is 3.79. The molecule has 188 valence electrons. The summed E-state index contributed by atoms with van der Waals surface area (Å²) in [5.74, 6) is 0. The Morgan fingerprint density at radius 2 is 1.59 bits per heavy atom. The lowest BCUT2D eigenvalue weighted by Gasteiger charge is -2.18. The van der Waals surface area contributed by atoms with Crippen LogP contribution in [-0.4, -0.2) is 32.6 Å². The molecule has 0 saturated heterocycles. The van der Waals surface area contributed by atoms with Crippen LogP contribution in [0.15, 0.2) is 59.5 Å². The van der Waals surface area contributed by atoms with Crippen molar-refractivity contribution in [2.45, 2.75) is 82.1 Å². The van der Waals surface area contributed by atoms with Gasteiger partial charge in [-0.15, -0.1) is 0 Å². The molecule has 1 N–H and O–H groups in total. The SMILES string of the molecule is CCCCCCCCOC(CCCCNS(=O)(=O)c1ccc([N+](=O)[O-])cc1)Cc1ccccc1. The van der Waals surface area contributed by atoms with Crippen molar-refractivity contribution in [3.63, 3.8) is 0 Å². The van der Waals surface area contributed by atoms with Crippen LogP contribution in [0, 0.1) is 10.1 Å². The van der Waals surface area contributed by atoms with E-state index in [1.807, 2.05) is 18.2 Å². The maximum Gasteiger partial charge on any atom is 0.269 e. The molecule has 0 bridgehead atoms. The molecule has 1 atom stereocenters. The molecule has 0 amide bonds. The molecule has 0 aliphatic carbocycles. The van der Waals surface area contributed by atoms with Crippen LogP contribution in [0.4, 0.5) is 5.69 Å². The first-order valence-corrected chi connectivity index (χ1v) is 13.8. The van der Waals surface area contributed by atoms with Gasteiger partial charge in [-0.2, -0.15) is 0 Å². The summed E-state index contributed by atoms with van der Waals surface area (Å²) in [6, 6.07) is 15.2. The highest BCUT2D eigenvalue weighted by Crippen LogP contribution is 2.17. The largest absolute Gasteiger partial charge is 0.378 e. The van der Waals surface area contributed by atoms with Gasteiger partial charge in [0.25, 0.3) is 5.69 Å². The maximum atomic E-state index is 12.4. The van der Waals surface area contributed by atoms with Gasteiger partial charge >= 0.3 is 0 Å². The Balaban J connectivity index is 1.75.